The number of ether oxygens (including phenoxy) is 1. The smallest absolute Gasteiger partial charge is 0.407 e. The number of rotatable bonds is 7. The number of hydrogen-bond acceptors (Lipinski definition) is 4. The zero-order valence-electron chi connectivity index (χ0n) is 18.7. The second-order valence-corrected chi connectivity index (χ2v) is 9.88. The highest BCUT2D eigenvalue weighted by atomic mass is 16.6. The number of amides is 2. The van der Waals surface area contributed by atoms with Crippen LogP contribution in [0, 0.1) is 5.92 Å². The van der Waals surface area contributed by atoms with Crippen molar-refractivity contribution in [3.05, 3.63) is 35.9 Å². The fourth-order valence-electron chi connectivity index (χ4n) is 4.38. The van der Waals surface area contributed by atoms with Gasteiger partial charge in [0.1, 0.15) is 5.60 Å². The van der Waals surface area contributed by atoms with Crippen molar-refractivity contribution in [3.63, 3.8) is 0 Å². The third-order valence-corrected chi connectivity index (χ3v) is 6.33. The van der Waals surface area contributed by atoms with E-state index in [0.29, 0.717) is 19.0 Å². The second-order valence-electron chi connectivity index (χ2n) is 9.88. The van der Waals surface area contributed by atoms with E-state index in [1.807, 2.05) is 26.8 Å². The van der Waals surface area contributed by atoms with Crippen LogP contribution in [0.5, 0.6) is 0 Å². The zero-order valence-corrected chi connectivity index (χ0v) is 18.7. The van der Waals surface area contributed by atoms with Crippen molar-refractivity contribution in [1.82, 2.24) is 15.5 Å². The van der Waals surface area contributed by atoms with Crippen molar-refractivity contribution in [1.29, 1.82) is 0 Å². The number of nitrogens with zero attached hydrogens (tertiary/aromatic N) is 1. The fourth-order valence-corrected chi connectivity index (χ4v) is 4.38. The van der Waals surface area contributed by atoms with Gasteiger partial charge in [0.05, 0.1) is 6.54 Å². The molecule has 166 valence electrons. The Morgan fingerprint density at radius 2 is 1.77 bits per heavy atom. The van der Waals surface area contributed by atoms with Crippen LogP contribution in [-0.4, -0.2) is 55.2 Å². The summed E-state index contributed by atoms with van der Waals surface area (Å²) < 4.78 is 5.29. The van der Waals surface area contributed by atoms with E-state index in [1.54, 1.807) is 0 Å². The molecule has 2 aliphatic rings. The second kappa shape index (κ2) is 9.82. The molecule has 2 N–H and O–H groups in total. The van der Waals surface area contributed by atoms with Crippen LogP contribution >= 0.6 is 0 Å². The Morgan fingerprint density at radius 1 is 1.10 bits per heavy atom. The van der Waals surface area contributed by atoms with Crippen molar-refractivity contribution in [3.8, 4) is 0 Å². The van der Waals surface area contributed by atoms with E-state index in [-0.39, 0.29) is 17.4 Å². The molecule has 0 unspecified atom stereocenters. The van der Waals surface area contributed by atoms with Gasteiger partial charge in [0.25, 0.3) is 0 Å². The number of alkyl carbamates (subject to hydrolysis) is 1. The quantitative estimate of drug-likeness (QED) is 0.715. The first-order valence-corrected chi connectivity index (χ1v) is 11.3. The summed E-state index contributed by atoms with van der Waals surface area (Å²) in [6, 6.07) is 10.6. The number of likely N-dealkylation sites (tertiary alicyclic amines) is 1. The minimum atomic E-state index is -0.473. The number of nitrogens with one attached hydrogen (secondary N) is 2. The van der Waals surface area contributed by atoms with Crippen molar-refractivity contribution in [2.24, 2.45) is 5.92 Å². The van der Waals surface area contributed by atoms with Crippen molar-refractivity contribution < 1.29 is 14.3 Å². The highest BCUT2D eigenvalue weighted by Gasteiger charge is 2.38. The molecule has 0 atom stereocenters. The van der Waals surface area contributed by atoms with Gasteiger partial charge in [-0.15, -0.1) is 0 Å². The minimum Gasteiger partial charge on any atom is -0.444 e. The lowest BCUT2D eigenvalue weighted by molar-refractivity contribution is -0.123. The van der Waals surface area contributed by atoms with Crippen LogP contribution in [0.3, 0.4) is 0 Å². The molecule has 1 saturated carbocycles. The summed E-state index contributed by atoms with van der Waals surface area (Å²) in [6.07, 6.45) is 5.14. The predicted molar refractivity (Wildman–Crippen MR) is 118 cm³/mol. The molecular weight excluding hydrogens is 378 g/mol. The first kappa shape index (κ1) is 22.6. The third kappa shape index (κ3) is 6.46. The van der Waals surface area contributed by atoms with Crippen LogP contribution in [0.25, 0.3) is 0 Å². The standard InChI is InChI=1S/C24H37N3O3/c1-23(2,3)30-22(29)25-16-19-10-14-27(15-11-19)17-21(28)26-18-24(12-7-13-24)20-8-5-4-6-9-20/h4-6,8-9,19H,7,10-18H2,1-3H3,(H,25,29)(H,26,28). The van der Waals surface area contributed by atoms with Crippen molar-refractivity contribution in [2.45, 2.75) is 63.9 Å². The molecule has 1 aromatic rings. The van der Waals surface area contributed by atoms with E-state index in [9.17, 15) is 9.59 Å². The average Bonchev–Trinajstić information content (AvgIpc) is 2.66. The molecule has 1 heterocycles. The SMILES string of the molecule is CC(C)(C)OC(=O)NCC1CCN(CC(=O)NCC2(c3ccccc3)CCC2)CC1. The molecule has 6 nitrogen and oxygen atoms in total. The van der Waals surface area contributed by atoms with Gasteiger partial charge in [-0.2, -0.15) is 0 Å². The summed E-state index contributed by atoms with van der Waals surface area (Å²) in [5.41, 5.74) is 0.992. The maximum absolute atomic E-state index is 12.5. The van der Waals surface area contributed by atoms with E-state index in [0.717, 1.165) is 45.3 Å². The Morgan fingerprint density at radius 3 is 2.33 bits per heavy atom. The number of piperidine rings is 1. The number of carbonyl (C=O) groups is 2. The van der Waals surface area contributed by atoms with Gasteiger partial charge in [-0.3, -0.25) is 9.69 Å². The summed E-state index contributed by atoms with van der Waals surface area (Å²) in [6.45, 7) is 9.18. The predicted octanol–water partition coefficient (Wildman–Crippen LogP) is 3.46. The lowest BCUT2D eigenvalue weighted by Gasteiger charge is -2.42. The summed E-state index contributed by atoms with van der Waals surface area (Å²) in [4.78, 5) is 26.5. The molecule has 30 heavy (non-hydrogen) atoms. The summed E-state index contributed by atoms with van der Waals surface area (Å²) in [5, 5.41) is 6.06. The van der Waals surface area contributed by atoms with Gasteiger partial charge in [0, 0.05) is 18.5 Å². The van der Waals surface area contributed by atoms with E-state index in [2.05, 4.69) is 39.8 Å². The first-order chi connectivity index (χ1) is 14.3. The molecule has 0 radical (unpaired) electrons. The summed E-state index contributed by atoms with van der Waals surface area (Å²) in [7, 11) is 0. The Balaban J connectivity index is 1.35. The Kier molecular flexibility index (Phi) is 7.40. The van der Waals surface area contributed by atoms with Crippen LogP contribution in [0.2, 0.25) is 0 Å². The van der Waals surface area contributed by atoms with E-state index < -0.39 is 5.60 Å². The average molecular weight is 416 g/mol. The molecule has 0 aromatic heterocycles. The Labute approximate surface area is 180 Å². The fraction of sp³-hybridized carbons (Fsp3) is 0.667. The summed E-state index contributed by atoms with van der Waals surface area (Å²) >= 11 is 0. The molecular formula is C24H37N3O3. The lowest BCUT2D eigenvalue weighted by atomic mass is 9.64. The van der Waals surface area contributed by atoms with E-state index >= 15 is 0 Å². The number of benzene rings is 1. The molecule has 1 aliphatic heterocycles. The molecule has 2 fully saturated rings. The first-order valence-electron chi connectivity index (χ1n) is 11.3. The largest absolute Gasteiger partial charge is 0.444 e. The normalized spacial score (nSPS) is 19.6. The highest BCUT2D eigenvalue weighted by Crippen LogP contribution is 2.43. The lowest BCUT2D eigenvalue weighted by Crippen LogP contribution is -2.49. The van der Waals surface area contributed by atoms with Crippen molar-refractivity contribution in [2.75, 3.05) is 32.7 Å². The van der Waals surface area contributed by atoms with Gasteiger partial charge >= 0.3 is 6.09 Å². The highest BCUT2D eigenvalue weighted by molar-refractivity contribution is 5.78. The van der Waals surface area contributed by atoms with Crippen LogP contribution in [0.4, 0.5) is 4.79 Å². The minimum absolute atomic E-state index is 0.113. The molecule has 6 heteroatoms. The van der Waals surface area contributed by atoms with Crippen LogP contribution < -0.4 is 10.6 Å². The Hall–Kier alpha value is -2.08. The van der Waals surface area contributed by atoms with E-state index in [1.165, 1.54) is 12.0 Å². The van der Waals surface area contributed by atoms with E-state index in [4.69, 9.17) is 4.74 Å². The molecule has 1 aliphatic carbocycles. The molecule has 0 bridgehead atoms. The molecule has 0 spiro atoms. The monoisotopic (exact) mass is 415 g/mol. The van der Waals surface area contributed by atoms with Gasteiger partial charge in [0.15, 0.2) is 0 Å². The number of carbonyl (C=O) groups excluding carboxylic acids is 2. The van der Waals surface area contributed by atoms with Crippen LogP contribution in [-0.2, 0) is 14.9 Å². The zero-order chi connectivity index (χ0) is 21.6. The molecule has 1 aromatic carbocycles. The topological polar surface area (TPSA) is 70.7 Å². The maximum atomic E-state index is 12.5. The van der Waals surface area contributed by atoms with Gasteiger partial charge in [-0.25, -0.2) is 4.79 Å². The Bertz CT molecular complexity index is 702. The van der Waals surface area contributed by atoms with Gasteiger partial charge in [0.2, 0.25) is 5.91 Å². The number of hydrogen-bond donors (Lipinski definition) is 2. The third-order valence-electron chi connectivity index (χ3n) is 6.33. The molecule has 3 rings (SSSR count). The maximum Gasteiger partial charge on any atom is 0.407 e. The van der Waals surface area contributed by atoms with Gasteiger partial charge in [-0.1, -0.05) is 36.8 Å². The molecule has 1 saturated heterocycles. The van der Waals surface area contributed by atoms with Gasteiger partial charge < -0.3 is 15.4 Å². The van der Waals surface area contributed by atoms with Crippen LogP contribution in [0.15, 0.2) is 30.3 Å². The van der Waals surface area contributed by atoms with Crippen LogP contribution in [0.1, 0.15) is 58.4 Å². The summed E-state index contributed by atoms with van der Waals surface area (Å²) in [5.74, 6) is 0.552. The van der Waals surface area contributed by atoms with Crippen molar-refractivity contribution >= 4 is 12.0 Å². The molecule has 2 amide bonds. The van der Waals surface area contributed by atoms with Gasteiger partial charge in [-0.05, 0) is 71.0 Å².